The minimum absolute atomic E-state index is 0.0455. The Morgan fingerprint density at radius 3 is 2.75 bits per heavy atom. The first-order valence-corrected chi connectivity index (χ1v) is 12.4. The third-order valence-electron chi connectivity index (χ3n) is 7.20. The van der Waals surface area contributed by atoms with Crippen LogP contribution in [0.25, 0.3) is 11.1 Å². The lowest BCUT2D eigenvalue weighted by molar-refractivity contribution is -0.0266. The van der Waals surface area contributed by atoms with Gasteiger partial charge in [0.15, 0.2) is 11.6 Å². The molecule has 1 amide bonds. The molecular weight excluding hydrogens is 461 g/mol. The minimum Gasteiger partial charge on any atom is -0.493 e. The zero-order valence-electron chi connectivity index (χ0n) is 21.3. The van der Waals surface area contributed by atoms with Crippen molar-refractivity contribution < 1.29 is 18.7 Å². The fraction of sp³-hybridized carbons (Fsp3) is 0.519. The number of amides is 1. The minimum atomic E-state index is -0.529. The lowest BCUT2D eigenvalue weighted by Crippen LogP contribution is -2.60. The molecule has 5 rings (SSSR count). The summed E-state index contributed by atoms with van der Waals surface area (Å²) in [6, 6.07) is 7.20. The summed E-state index contributed by atoms with van der Waals surface area (Å²) in [5.74, 6) is 0.294. The third kappa shape index (κ3) is 4.24. The average Bonchev–Trinajstić information content (AvgIpc) is 3.26. The lowest BCUT2D eigenvalue weighted by Gasteiger charge is -2.47. The Hall–Kier alpha value is -3.38. The molecular formula is C27H32FN5O3. The quantitative estimate of drug-likeness (QED) is 0.694. The highest BCUT2D eigenvalue weighted by Gasteiger charge is 2.51. The summed E-state index contributed by atoms with van der Waals surface area (Å²) in [4.78, 5) is 21.3. The van der Waals surface area contributed by atoms with Gasteiger partial charge in [-0.1, -0.05) is 12.1 Å². The van der Waals surface area contributed by atoms with E-state index < -0.39 is 11.4 Å². The van der Waals surface area contributed by atoms with Crippen molar-refractivity contribution in [3.05, 3.63) is 40.8 Å². The SMILES string of the molecule is COc1c(F)cccc1-c1c(C#N)c(N2CCC3(CN(C(=O)OC(C)(C)C)C3)C2)nc2c1CCNC2. The normalized spacial score (nSPS) is 18.4. The van der Waals surface area contributed by atoms with Crippen LogP contribution in [0.4, 0.5) is 15.0 Å². The van der Waals surface area contributed by atoms with Crippen LogP contribution in [-0.2, 0) is 17.7 Å². The van der Waals surface area contributed by atoms with Crippen molar-refractivity contribution in [2.24, 2.45) is 5.41 Å². The van der Waals surface area contributed by atoms with Crippen molar-refractivity contribution in [3.63, 3.8) is 0 Å². The molecule has 36 heavy (non-hydrogen) atoms. The van der Waals surface area contributed by atoms with Crippen LogP contribution >= 0.6 is 0 Å². The van der Waals surface area contributed by atoms with Gasteiger partial charge in [-0.15, -0.1) is 0 Å². The molecule has 4 heterocycles. The van der Waals surface area contributed by atoms with Crippen molar-refractivity contribution in [1.29, 1.82) is 5.26 Å². The first-order valence-electron chi connectivity index (χ1n) is 12.4. The second-order valence-corrected chi connectivity index (χ2v) is 11.0. The average molecular weight is 494 g/mol. The predicted molar refractivity (Wildman–Crippen MR) is 133 cm³/mol. The number of aromatic nitrogens is 1. The first kappa shape index (κ1) is 24.3. The zero-order valence-corrected chi connectivity index (χ0v) is 21.3. The molecule has 1 aromatic heterocycles. The van der Waals surface area contributed by atoms with E-state index >= 15 is 0 Å². The van der Waals surface area contributed by atoms with Crippen molar-refractivity contribution >= 4 is 11.9 Å². The summed E-state index contributed by atoms with van der Waals surface area (Å²) in [5, 5.41) is 13.7. The summed E-state index contributed by atoms with van der Waals surface area (Å²) >= 11 is 0. The molecule has 8 nitrogen and oxygen atoms in total. The predicted octanol–water partition coefficient (Wildman–Crippen LogP) is 3.86. The highest BCUT2D eigenvalue weighted by atomic mass is 19.1. The van der Waals surface area contributed by atoms with Gasteiger partial charge >= 0.3 is 6.09 Å². The molecule has 9 heteroatoms. The van der Waals surface area contributed by atoms with E-state index in [1.54, 1.807) is 17.0 Å². The topological polar surface area (TPSA) is 90.7 Å². The van der Waals surface area contributed by atoms with Gasteiger partial charge in [-0.3, -0.25) is 0 Å². The number of pyridine rings is 1. The van der Waals surface area contributed by atoms with Crippen LogP contribution in [-0.4, -0.2) is 61.4 Å². The number of ether oxygens (including phenoxy) is 2. The van der Waals surface area contributed by atoms with Gasteiger partial charge in [0.05, 0.1) is 12.8 Å². The molecule has 3 aliphatic heterocycles. The molecule has 1 aromatic carbocycles. The fourth-order valence-corrected chi connectivity index (χ4v) is 5.63. The van der Waals surface area contributed by atoms with Gasteiger partial charge in [0.2, 0.25) is 0 Å². The number of hydrogen-bond acceptors (Lipinski definition) is 7. The van der Waals surface area contributed by atoms with Crippen molar-refractivity contribution in [2.45, 2.75) is 45.8 Å². The Kier molecular flexibility index (Phi) is 6.03. The Bertz CT molecular complexity index is 1240. The van der Waals surface area contributed by atoms with Crippen LogP contribution in [0.15, 0.2) is 18.2 Å². The van der Waals surface area contributed by atoms with Gasteiger partial charge in [-0.05, 0) is 51.8 Å². The van der Waals surface area contributed by atoms with E-state index in [1.165, 1.54) is 13.2 Å². The van der Waals surface area contributed by atoms with E-state index in [0.717, 1.165) is 30.8 Å². The Morgan fingerprint density at radius 1 is 1.28 bits per heavy atom. The Labute approximate surface area is 211 Å². The monoisotopic (exact) mass is 493 g/mol. The molecule has 0 unspecified atom stereocenters. The number of anilines is 1. The molecule has 0 saturated carbocycles. The fourth-order valence-electron chi connectivity index (χ4n) is 5.63. The summed E-state index contributed by atoms with van der Waals surface area (Å²) in [6.07, 6.45) is 1.30. The van der Waals surface area contributed by atoms with E-state index in [0.29, 0.717) is 55.1 Å². The van der Waals surface area contributed by atoms with Crippen LogP contribution in [0.5, 0.6) is 5.75 Å². The highest BCUT2D eigenvalue weighted by Crippen LogP contribution is 2.45. The second-order valence-electron chi connectivity index (χ2n) is 11.0. The van der Waals surface area contributed by atoms with Gasteiger partial charge in [0.25, 0.3) is 0 Å². The number of halogens is 1. The van der Waals surface area contributed by atoms with Crippen molar-refractivity contribution in [2.75, 3.05) is 44.7 Å². The van der Waals surface area contributed by atoms with Gasteiger partial charge in [0.1, 0.15) is 23.1 Å². The number of para-hydroxylation sites is 1. The lowest BCUT2D eigenvalue weighted by atomic mass is 9.79. The van der Waals surface area contributed by atoms with Crippen LogP contribution in [0.3, 0.4) is 0 Å². The van der Waals surface area contributed by atoms with Crippen LogP contribution in [0.2, 0.25) is 0 Å². The first-order chi connectivity index (χ1) is 17.1. The van der Waals surface area contributed by atoms with Gasteiger partial charge in [0, 0.05) is 49.3 Å². The maximum Gasteiger partial charge on any atom is 0.410 e. The number of benzene rings is 1. The number of nitriles is 1. The largest absolute Gasteiger partial charge is 0.493 e. The Morgan fingerprint density at radius 2 is 2.06 bits per heavy atom. The molecule has 0 bridgehead atoms. The van der Waals surface area contributed by atoms with Crippen LogP contribution in [0.1, 0.15) is 44.0 Å². The molecule has 190 valence electrons. The smallest absolute Gasteiger partial charge is 0.410 e. The standard InChI is InChI=1S/C27H32FN5O3/c1-26(2,3)36-25(34)33-15-27(16-33)9-11-32(14-27)24-19(12-29)22(17-8-10-30-13-21(17)31-24)18-6-5-7-20(28)23(18)35-4/h5-7,30H,8-11,13-16H2,1-4H3. The number of fused-ring (bicyclic) bond motifs is 1. The van der Waals surface area contributed by atoms with E-state index in [4.69, 9.17) is 14.5 Å². The molecule has 2 saturated heterocycles. The number of hydrogen-bond donors (Lipinski definition) is 1. The summed E-state index contributed by atoms with van der Waals surface area (Å²) < 4.78 is 25.6. The number of carbonyl (C=O) groups excluding carboxylic acids is 1. The maximum absolute atomic E-state index is 14.7. The van der Waals surface area contributed by atoms with E-state index in [9.17, 15) is 14.4 Å². The molecule has 0 radical (unpaired) electrons. The second kappa shape index (κ2) is 8.93. The van der Waals surface area contributed by atoms with E-state index in [2.05, 4.69) is 16.3 Å². The molecule has 3 aliphatic rings. The van der Waals surface area contributed by atoms with E-state index in [1.807, 2.05) is 20.8 Å². The summed E-state index contributed by atoms with van der Waals surface area (Å²) in [7, 11) is 1.45. The summed E-state index contributed by atoms with van der Waals surface area (Å²) in [5.41, 5.74) is 2.99. The van der Waals surface area contributed by atoms with Gasteiger partial charge in [-0.2, -0.15) is 5.26 Å². The number of nitrogens with one attached hydrogen (secondary N) is 1. The van der Waals surface area contributed by atoms with E-state index in [-0.39, 0.29) is 17.3 Å². The Balaban J connectivity index is 1.49. The number of nitrogens with zero attached hydrogens (tertiary/aromatic N) is 4. The number of carbonyl (C=O) groups is 1. The molecule has 1 spiro atoms. The maximum atomic E-state index is 14.7. The van der Waals surface area contributed by atoms with Crippen LogP contribution in [0, 0.1) is 22.6 Å². The molecule has 2 fully saturated rings. The van der Waals surface area contributed by atoms with Crippen molar-refractivity contribution in [1.82, 2.24) is 15.2 Å². The van der Waals surface area contributed by atoms with Gasteiger partial charge in [-0.25, -0.2) is 14.2 Å². The number of methoxy groups -OCH3 is 1. The highest BCUT2D eigenvalue weighted by molar-refractivity contribution is 5.84. The molecule has 1 N–H and O–H groups in total. The number of rotatable bonds is 3. The third-order valence-corrected chi connectivity index (χ3v) is 7.20. The molecule has 0 atom stereocenters. The summed E-state index contributed by atoms with van der Waals surface area (Å²) in [6.45, 7) is 9.61. The van der Waals surface area contributed by atoms with Crippen LogP contribution < -0.4 is 15.0 Å². The molecule has 0 aliphatic carbocycles. The zero-order chi connectivity index (χ0) is 25.7. The number of likely N-dealkylation sites (tertiary alicyclic amines) is 1. The van der Waals surface area contributed by atoms with Crippen molar-refractivity contribution in [3.8, 4) is 22.9 Å². The molecule has 2 aromatic rings. The van der Waals surface area contributed by atoms with Gasteiger partial charge < -0.3 is 24.6 Å².